The predicted octanol–water partition coefficient (Wildman–Crippen LogP) is 3.70. The van der Waals surface area contributed by atoms with Crippen molar-refractivity contribution in [1.29, 1.82) is 0 Å². The monoisotopic (exact) mass is 351 g/mol. The SMILES string of the molecule is Cl.Cl.NCc1cccc(OCc2ccc3ccc(N)nc3c2)c1. The molecule has 0 aliphatic carbocycles. The number of nitrogens with zero attached hydrogens (tertiary/aromatic N) is 1. The Bertz CT molecular complexity index is 781. The molecule has 122 valence electrons. The fraction of sp³-hybridized carbons (Fsp3) is 0.118. The molecule has 0 aliphatic rings. The van der Waals surface area contributed by atoms with Crippen molar-refractivity contribution in [3.05, 3.63) is 65.7 Å². The van der Waals surface area contributed by atoms with Crippen molar-refractivity contribution in [3.8, 4) is 5.75 Å². The van der Waals surface area contributed by atoms with Crippen LogP contribution in [0.25, 0.3) is 10.9 Å². The topological polar surface area (TPSA) is 74.2 Å². The first-order valence-corrected chi connectivity index (χ1v) is 6.81. The Morgan fingerprint density at radius 3 is 2.48 bits per heavy atom. The van der Waals surface area contributed by atoms with E-state index in [1.807, 2.05) is 48.5 Å². The van der Waals surface area contributed by atoms with E-state index < -0.39 is 0 Å². The van der Waals surface area contributed by atoms with Crippen LogP contribution in [0.2, 0.25) is 0 Å². The van der Waals surface area contributed by atoms with E-state index in [9.17, 15) is 0 Å². The van der Waals surface area contributed by atoms with E-state index in [1.54, 1.807) is 6.07 Å². The van der Waals surface area contributed by atoms with Crippen molar-refractivity contribution in [1.82, 2.24) is 4.98 Å². The largest absolute Gasteiger partial charge is 0.489 e. The molecule has 23 heavy (non-hydrogen) atoms. The summed E-state index contributed by atoms with van der Waals surface area (Å²) in [5.74, 6) is 1.34. The number of rotatable bonds is 4. The predicted molar refractivity (Wildman–Crippen MR) is 99.3 cm³/mol. The summed E-state index contributed by atoms with van der Waals surface area (Å²) in [5.41, 5.74) is 14.3. The molecular weight excluding hydrogens is 333 g/mol. The van der Waals surface area contributed by atoms with Gasteiger partial charge in [0.25, 0.3) is 0 Å². The van der Waals surface area contributed by atoms with E-state index in [0.717, 1.165) is 27.8 Å². The van der Waals surface area contributed by atoms with Crippen LogP contribution in [0.15, 0.2) is 54.6 Å². The third-order valence-electron chi connectivity index (χ3n) is 3.32. The molecule has 0 saturated heterocycles. The van der Waals surface area contributed by atoms with Crippen LogP contribution in [0.5, 0.6) is 5.75 Å². The number of nitrogens with two attached hydrogens (primary N) is 2. The summed E-state index contributed by atoms with van der Waals surface area (Å²) in [5, 5.41) is 1.07. The van der Waals surface area contributed by atoms with Gasteiger partial charge in [0.2, 0.25) is 0 Å². The summed E-state index contributed by atoms with van der Waals surface area (Å²) in [7, 11) is 0. The zero-order valence-electron chi connectivity index (χ0n) is 12.4. The normalized spacial score (nSPS) is 9.78. The Morgan fingerprint density at radius 1 is 0.913 bits per heavy atom. The lowest BCUT2D eigenvalue weighted by molar-refractivity contribution is 0.306. The maximum absolute atomic E-state index is 5.80. The number of anilines is 1. The molecule has 4 N–H and O–H groups in total. The number of nitrogen functional groups attached to an aromatic ring is 1. The third-order valence-corrected chi connectivity index (χ3v) is 3.32. The van der Waals surface area contributed by atoms with Crippen molar-refractivity contribution in [2.24, 2.45) is 5.73 Å². The molecule has 0 atom stereocenters. The van der Waals surface area contributed by atoms with Gasteiger partial charge >= 0.3 is 0 Å². The summed E-state index contributed by atoms with van der Waals surface area (Å²) in [6.07, 6.45) is 0. The van der Waals surface area contributed by atoms with E-state index in [-0.39, 0.29) is 24.8 Å². The minimum absolute atomic E-state index is 0. The highest BCUT2D eigenvalue weighted by molar-refractivity contribution is 5.85. The third kappa shape index (κ3) is 4.73. The molecule has 1 heterocycles. The van der Waals surface area contributed by atoms with E-state index in [0.29, 0.717) is 19.0 Å². The smallest absolute Gasteiger partial charge is 0.124 e. The lowest BCUT2D eigenvalue weighted by atomic mass is 10.1. The molecule has 0 fully saturated rings. The fourth-order valence-electron chi connectivity index (χ4n) is 2.20. The quantitative estimate of drug-likeness (QED) is 0.751. The van der Waals surface area contributed by atoms with Gasteiger partial charge in [-0.2, -0.15) is 0 Å². The Balaban J connectivity index is 0.00000132. The average molecular weight is 352 g/mol. The second kappa shape index (κ2) is 8.58. The molecule has 0 bridgehead atoms. The van der Waals surface area contributed by atoms with Gasteiger partial charge in [0, 0.05) is 11.9 Å². The number of ether oxygens (including phenoxy) is 1. The molecule has 0 saturated carbocycles. The molecule has 4 nitrogen and oxygen atoms in total. The van der Waals surface area contributed by atoms with Gasteiger partial charge in [-0.1, -0.05) is 24.3 Å². The van der Waals surface area contributed by atoms with Gasteiger partial charge in [-0.15, -0.1) is 24.8 Å². The molecule has 6 heteroatoms. The first-order valence-electron chi connectivity index (χ1n) is 6.81. The molecular formula is C17H19Cl2N3O. The van der Waals surface area contributed by atoms with Gasteiger partial charge in [-0.05, 0) is 41.5 Å². The highest BCUT2D eigenvalue weighted by Gasteiger charge is 2.01. The first-order chi connectivity index (χ1) is 10.2. The summed E-state index contributed by atoms with van der Waals surface area (Å²) in [6.45, 7) is 0.997. The summed E-state index contributed by atoms with van der Waals surface area (Å²) in [6, 6.07) is 17.6. The molecule has 0 unspecified atom stereocenters. The van der Waals surface area contributed by atoms with E-state index in [2.05, 4.69) is 4.98 Å². The minimum atomic E-state index is 0. The zero-order chi connectivity index (χ0) is 14.7. The van der Waals surface area contributed by atoms with Gasteiger partial charge in [-0.3, -0.25) is 0 Å². The average Bonchev–Trinajstić information content (AvgIpc) is 2.52. The van der Waals surface area contributed by atoms with E-state index in [4.69, 9.17) is 16.2 Å². The Hall–Kier alpha value is -2.01. The van der Waals surface area contributed by atoms with Crippen LogP contribution in [0, 0.1) is 0 Å². The lowest BCUT2D eigenvalue weighted by Gasteiger charge is -2.08. The maximum atomic E-state index is 5.80. The summed E-state index contributed by atoms with van der Waals surface area (Å²) in [4.78, 5) is 4.32. The van der Waals surface area contributed by atoms with Crippen LogP contribution < -0.4 is 16.2 Å². The van der Waals surface area contributed by atoms with Crippen molar-refractivity contribution in [2.75, 3.05) is 5.73 Å². The molecule has 2 aromatic carbocycles. The molecule has 3 rings (SSSR count). The van der Waals surface area contributed by atoms with Crippen LogP contribution in [-0.4, -0.2) is 4.98 Å². The molecule has 0 spiro atoms. The minimum Gasteiger partial charge on any atom is -0.489 e. The number of aromatic nitrogens is 1. The van der Waals surface area contributed by atoms with Gasteiger partial charge in [0.15, 0.2) is 0 Å². The summed E-state index contributed by atoms with van der Waals surface area (Å²) < 4.78 is 5.80. The number of hydrogen-bond acceptors (Lipinski definition) is 4. The van der Waals surface area contributed by atoms with Crippen molar-refractivity contribution in [2.45, 2.75) is 13.2 Å². The van der Waals surface area contributed by atoms with Crippen LogP contribution in [0.3, 0.4) is 0 Å². The molecule has 0 aliphatic heterocycles. The van der Waals surface area contributed by atoms with Gasteiger partial charge in [-0.25, -0.2) is 4.98 Å². The van der Waals surface area contributed by atoms with Crippen LogP contribution in [0.1, 0.15) is 11.1 Å². The van der Waals surface area contributed by atoms with E-state index >= 15 is 0 Å². The van der Waals surface area contributed by atoms with Crippen LogP contribution >= 0.6 is 24.8 Å². The van der Waals surface area contributed by atoms with Crippen molar-refractivity contribution < 1.29 is 4.74 Å². The molecule has 0 amide bonds. The Labute approximate surface area is 147 Å². The number of benzene rings is 2. The maximum Gasteiger partial charge on any atom is 0.124 e. The Kier molecular flexibility index (Phi) is 7.10. The highest BCUT2D eigenvalue weighted by Crippen LogP contribution is 2.18. The van der Waals surface area contributed by atoms with Crippen molar-refractivity contribution >= 4 is 41.5 Å². The molecule has 1 aromatic heterocycles. The summed E-state index contributed by atoms with van der Waals surface area (Å²) >= 11 is 0. The molecule has 0 radical (unpaired) electrons. The Morgan fingerprint density at radius 2 is 1.70 bits per heavy atom. The van der Waals surface area contributed by atoms with Crippen molar-refractivity contribution in [3.63, 3.8) is 0 Å². The highest BCUT2D eigenvalue weighted by atomic mass is 35.5. The standard InChI is InChI=1S/C17H17N3O.2ClH/c18-10-12-2-1-3-15(8-12)21-11-13-4-5-14-6-7-17(19)20-16(14)9-13;;/h1-9H,10-11,18H2,(H2,19,20);2*1H. The van der Waals surface area contributed by atoms with E-state index in [1.165, 1.54) is 0 Å². The number of halogens is 2. The lowest BCUT2D eigenvalue weighted by Crippen LogP contribution is -1.99. The molecule has 3 aromatic rings. The number of pyridine rings is 1. The van der Waals surface area contributed by atoms with Crippen LogP contribution in [-0.2, 0) is 13.2 Å². The number of hydrogen-bond donors (Lipinski definition) is 2. The van der Waals surface area contributed by atoms with Gasteiger partial charge in [0.05, 0.1) is 5.52 Å². The number of fused-ring (bicyclic) bond motifs is 1. The van der Waals surface area contributed by atoms with Crippen LogP contribution in [0.4, 0.5) is 5.82 Å². The van der Waals surface area contributed by atoms with Gasteiger partial charge < -0.3 is 16.2 Å². The second-order valence-electron chi connectivity index (χ2n) is 4.90. The fourth-order valence-corrected chi connectivity index (χ4v) is 2.20. The second-order valence-corrected chi connectivity index (χ2v) is 4.90. The zero-order valence-corrected chi connectivity index (χ0v) is 14.1. The first kappa shape index (κ1) is 19.0. The van der Waals surface area contributed by atoms with Gasteiger partial charge in [0.1, 0.15) is 18.2 Å².